The average Bonchev–Trinajstić information content (AvgIpc) is 2.91. The number of aliphatic hydroxyl groups excluding tert-OH is 1. The van der Waals surface area contributed by atoms with Crippen LogP contribution in [0.3, 0.4) is 0 Å². The number of aryl methyl sites for hydroxylation is 1. The van der Waals surface area contributed by atoms with E-state index in [1.165, 1.54) is 6.07 Å². The van der Waals surface area contributed by atoms with Gasteiger partial charge in [0.15, 0.2) is 0 Å². The second-order valence-electron chi connectivity index (χ2n) is 5.13. The number of hydrogen-bond donors (Lipinski definition) is 1. The second-order valence-corrected chi connectivity index (χ2v) is 6.27. The number of rotatable bonds is 2. The summed E-state index contributed by atoms with van der Waals surface area (Å²) in [5.74, 6) is -2.61. The van der Waals surface area contributed by atoms with Crippen molar-refractivity contribution < 1.29 is 23.1 Å². The Kier molecular flexibility index (Phi) is 3.75. The molecule has 0 amide bonds. The molecule has 120 valence electrons. The lowest BCUT2D eigenvalue weighted by Crippen LogP contribution is -2.29. The van der Waals surface area contributed by atoms with Gasteiger partial charge in [0.1, 0.15) is 5.76 Å². The Hall–Kier alpha value is -2.15. The molecule has 2 heterocycles. The molecule has 7 heteroatoms. The number of carbonyl (C=O) groups is 1. The number of thioether (sulfide) groups is 1. The molecule has 1 aliphatic heterocycles. The van der Waals surface area contributed by atoms with Crippen molar-refractivity contribution >= 4 is 23.3 Å². The Labute approximate surface area is 134 Å². The fourth-order valence-corrected chi connectivity index (χ4v) is 3.96. The van der Waals surface area contributed by atoms with E-state index in [2.05, 4.69) is 0 Å². The largest absolute Gasteiger partial charge is 0.507 e. The molecule has 0 saturated heterocycles. The van der Waals surface area contributed by atoms with Gasteiger partial charge in [-0.1, -0.05) is 18.2 Å². The van der Waals surface area contributed by atoms with Gasteiger partial charge in [0, 0.05) is 29.4 Å². The second kappa shape index (κ2) is 5.49. The van der Waals surface area contributed by atoms with E-state index in [0.29, 0.717) is 10.6 Å². The van der Waals surface area contributed by atoms with Gasteiger partial charge in [0.05, 0.1) is 10.8 Å². The summed E-state index contributed by atoms with van der Waals surface area (Å²) in [5, 5.41) is 9.43. The zero-order valence-electron chi connectivity index (χ0n) is 12.0. The summed E-state index contributed by atoms with van der Waals surface area (Å²) >= 11 is 1.13. The maximum Gasteiger partial charge on any atom is 0.454 e. The fraction of sp³-hybridized carbons (Fsp3) is 0.188. The van der Waals surface area contributed by atoms with E-state index in [1.807, 2.05) is 0 Å². The number of Topliss-reactive ketones (excluding diaryl/α,β-unsaturated/α-hetero) is 1. The van der Waals surface area contributed by atoms with Crippen LogP contribution in [0, 0.1) is 0 Å². The number of benzene rings is 1. The molecule has 0 saturated carbocycles. The zero-order valence-corrected chi connectivity index (χ0v) is 12.8. The highest BCUT2D eigenvalue weighted by Gasteiger charge is 2.47. The number of carbonyl (C=O) groups excluding carboxylic acids is 1. The number of aliphatic hydroxyl groups is 1. The number of fused-ring (bicyclic) bond motifs is 1. The van der Waals surface area contributed by atoms with Crippen molar-refractivity contribution in [1.82, 2.24) is 4.57 Å². The van der Waals surface area contributed by atoms with Crippen molar-refractivity contribution in [3.8, 4) is 0 Å². The van der Waals surface area contributed by atoms with E-state index in [-0.39, 0.29) is 5.56 Å². The van der Waals surface area contributed by atoms with Crippen LogP contribution in [0.1, 0.15) is 16.5 Å². The first-order valence-electron chi connectivity index (χ1n) is 6.72. The van der Waals surface area contributed by atoms with Crippen molar-refractivity contribution in [2.24, 2.45) is 7.05 Å². The van der Waals surface area contributed by atoms with Crippen LogP contribution in [0.4, 0.5) is 13.2 Å². The minimum absolute atomic E-state index is 0.246. The summed E-state index contributed by atoms with van der Waals surface area (Å²) in [4.78, 5) is 12.5. The van der Waals surface area contributed by atoms with Gasteiger partial charge in [0.2, 0.25) is 0 Å². The van der Waals surface area contributed by atoms with E-state index >= 15 is 0 Å². The van der Waals surface area contributed by atoms with Gasteiger partial charge in [-0.15, -0.1) is 11.8 Å². The minimum atomic E-state index is -5.04. The van der Waals surface area contributed by atoms with E-state index in [0.717, 1.165) is 11.8 Å². The predicted molar refractivity (Wildman–Crippen MR) is 81.1 cm³/mol. The molecule has 1 aliphatic rings. The Morgan fingerprint density at radius 3 is 2.52 bits per heavy atom. The van der Waals surface area contributed by atoms with Crippen LogP contribution in [0.2, 0.25) is 0 Å². The number of hydrogen-bond acceptors (Lipinski definition) is 3. The normalized spacial score (nSPS) is 18.0. The molecule has 0 bridgehead atoms. The third-order valence-corrected chi connectivity index (χ3v) is 4.98. The quantitative estimate of drug-likeness (QED) is 0.888. The lowest BCUT2D eigenvalue weighted by Gasteiger charge is -2.27. The molecule has 2 aromatic rings. The third kappa shape index (κ3) is 2.65. The third-order valence-electron chi connectivity index (χ3n) is 3.66. The molecule has 1 atom stereocenters. The molecule has 3 rings (SSSR count). The van der Waals surface area contributed by atoms with Crippen LogP contribution in [0.5, 0.6) is 0 Å². The summed E-state index contributed by atoms with van der Waals surface area (Å²) in [6.07, 6.45) is -3.36. The number of alkyl halides is 3. The number of aromatic nitrogens is 1. The molecular formula is C16H12F3NO2S. The van der Waals surface area contributed by atoms with Gasteiger partial charge in [-0.05, 0) is 18.2 Å². The Balaban J connectivity index is 2.22. The van der Waals surface area contributed by atoms with Crippen molar-refractivity contribution in [1.29, 1.82) is 0 Å². The lowest BCUT2D eigenvalue weighted by molar-refractivity contribution is -0.166. The van der Waals surface area contributed by atoms with Gasteiger partial charge >= 0.3 is 6.18 Å². The first kappa shape index (κ1) is 15.7. The van der Waals surface area contributed by atoms with Crippen molar-refractivity contribution in [2.75, 3.05) is 0 Å². The van der Waals surface area contributed by atoms with E-state index < -0.39 is 28.5 Å². The zero-order chi connectivity index (χ0) is 16.8. The van der Waals surface area contributed by atoms with E-state index in [4.69, 9.17) is 0 Å². The van der Waals surface area contributed by atoms with Gasteiger partial charge in [0.25, 0.3) is 5.78 Å². The number of halogens is 3. The highest BCUT2D eigenvalue weighted by Crippen LogP contribution is 2.50. The minimum Gasteiger partial charge on any atom is -0.507 e. The molecule has 0 aliphatic carbocycles. The van der Waals surface area contributed by atoms with Crippen LogP contribution < -0.4 is 0 Å². The Morgan fingerprint density at radius 1 is 1.22 bits per heavy atom. The van der Waals surface area contributed by atoms with Crippen LogP contribution >= 0.6 is 11.8 Å². The molecule has 23 heavy (non-hydrogen) atoms. The first-order valence-corrected chi connectivity index (χ1v) is 7.60. The van der Waals surface area contributed by atoms with Crippen LogP contribution in [-0.2, 0) is 11.8 Å². The van der Waals surface area contributed by atoms with Crippen LogP contribution in [-0.4, -0.2) is 21.6 Å². The Bertz CT molecular complexity index is 808. The molecule has 0 spiro atoms. The topological polar surface area (TPSA) is 42.2 Å². The summed E-state index contributed by atoms with van der Waals surface area (Å²) in [6, 6.07) is 9.88. The summed E-state index contributed by atoms with van der Waals surface area (Å²) < 4.78 is 40.6. The molecule has 0 fully saturated rings. The predicted octanol–water partition coefficient (Wildman–Crippen LogP) is 4.27. The lowest BCUT2D eigenvalue weighted by atomic mass is 9.98. The van der Waals surface area contributed by atoms with Crippen molar-refractivity contribution in [3.63, 3.8) is 0 Å². The maximum atomic E-state index is 13.0. The monoisotopic (exact) mass is 339 g/mol. The maximum absolute atomic E-state index is 13.0. The van der Waals surface area contributed by atoms with Gasteiger partial charge in [-0.3, -0.25) is 4.79 Å². The number of nitrogens with zero attached hydrogens (tertiary/aromatic N) is 1. The van der Waals surface area contributed by atoms with E-state index in [1.54, 1.807) is 48.1 Å². The molecule has 0 radical (unpaired) electrons. The molecular weight excluding hydrogens is 327 g/mol. The van der Waals surface area contributed by atoms with Gasteiger partial charge < -0.3 is 9.67 Å². The fourth-order valence-electron chi connectivity index (χ4n) is 2.55. The van der Waals surface area contributed by atoms with Crippen molar-refractivity contribution in [2.45, 2.75) is 16.3 Å². The molecule has 1 aromatic heterocycles. The van der Waals surface area contributed by atoms with Crippen molar-refractivity contribution in [3.05, 3.63) is 59.4 Å². The summed E-state index contributed by atoms with van der Waals surface area (Å²) in [5.41, 5.74) is 0.141. The van der Waals surface area contributed by atoms with E-state index in [9.17, 15) is 23.1 Å². The summed E-state index contributed by atoms with van der Waals surface area (Å²) in [6.45, 7) is 0. The SMILES string of the molecule is Cn1cccc1C1Sc2ccccc2C(O)=C1C(=O)C(F)(F)F. The molecule has 1 aromatic carbocycles. The molecule has 3 nitrogen and oxygen atoms in total. The van der Waals surface area contributed by atoms with Gasteiger partial charge in [-0.25, -0.2) is 0 Å². The highest BCUT2D eigenvalue weighted by molar-refractivity contribution is 8.00. The number of ketones is 1. The first-order chi connectivity index (χ1) is 10.8. The average molecular weight is 339 g/mol. The standard InChI is InChI=1S/C16H12F3NO2S/c1-20-8-4-6-10(20)14-12(15(22)16(17,18)19)13(21)9-5-2-3-7-11(9)23-14/h2-8,14,21H,1H3. The van der Waals surface area contributed by atoms with Crippen LogP contribution in [0.15, 0.2) is 53.1 Å². The molecule has 1 N–H and O–H groups in total. The van der Waals surface area contributed by atoms with Crippen LogP contribution in [0.25, 0.3) is 5.76 Å². The van der Waals surface area contributed by atoms with Gasteiger partial charge in [-0.2, -0.15) is 13.2 Å². The molecule has 1 unspecified atom stereocenters. The smallest absolute Gasteiger partial charge is 0.454 e. The Morgan fingerprint density at radius 2 is 1.91 bits per heavy atom. The highest BCUT2D eigenvalue weighted by atomic mass is 32.2. The summed E-state index contributed by atoms with van der Waals surface area (Å²) in [7, 11) is 1.68.